The van der Waals surface area contributed by atoms with Gasteiger partial charge < -0.3 is 19.9 Å². The van der Waals surface area contributed by atoms with Crippen molar-refractivity contribution in [2.75, 3.05) is 51.2 Å². The fourth-order valence-corrected chi connectivity index (χ4v) is 5.92. The van der Waals surface area contributed by atoms with Crippen LogP contribution in [0.15, 0.2) is 60.4 Å². The van der Waals surface area contributed by atoms with Crippen molar-refractivity contribution in [3.05, 3.63) is 77.4 Å². The normalized spacial score (nSPS) is 19.2. The van der Waals surface area contributed by atoms with E-state index in [-0.39, 0.29) is 0 Å². The number of hydrogen-bond donors (Lipinski definition) is 1. The van der Waals surface area contributed by atoms with Crippen molar-refractivity contribution in [1.82, 2.24) is 20.1 Å². The predicted octanol–water partition coefficient (Wildman–Crippen LogP) is 5.55. The van der Waals surface area contributed by atoms with Crippen molar-refractivity contribution in [3.8, 4) is 0 Å². The van der Waals surface area contributed by atoms with Crippen LogP contribution in [0.5, 0.6) is 0 Å². The van der Waals surface area contributed by atoms with Gasteiger partial charge in [0.2, 0.25) is 5.90 Å². The molecule has 1 aromatic carbocycles. The lowest BCUT2D eigenvalue weighted by Gasteiger charge is -2.48. The summed E-state index contributed by atoms with van der Waals surface area (Å²) in [4.78, 5) is 16.8. The van der Waals surface area contributed by atoms with E-state index >= 15 is 0 Å². The number of likely N-dealkylation sites (tertiary alicyclic amines) is 1. The van der Waals surface area contributed by atoms with Crippen molar-refractivity contribution >= 4 is 28.9 Å². The first-order valence-corrected chi connectivity index (χ1v) is 14.5. The molecule has 2 saturated heterocycles. The summed E-state index contributed by atoms with van der Waals surface area (Å²) in [6.45, 7) is 20.6. The molecule has 2 aromatic rings. The summed E-state index contributed by atoms with van der Waals surface area (Å²) in [5, 5.41) is 3.83. The van der Waals surface area contributed by atoms with Crippen molar-refractivity contribution in [1.29, 1.82) is 0 Å². The van der Waals surface area contributed by atoms with E-state index in [0.717, 1.165) is 86.2 Å². The molecule has 7 nitrogen and oxygen atoms in total. The van der Waals surface area contributed by atoms with E-state index in [1.807, 2.05) is 25.1 Å². The number of piperidine rings is 1. The van der Waals surface area contributed by atoms with Gasteiger partial charge >= 0.3 is 0 Å². The fourth-order valence-electron chi connectivity index (χ4n) is 5.79. The molecule has 0 aliphatic carbocycles. The molecule has 2 fully saturated rings. The summed E-state index contributed by atoms with van der Waals surface area (Å²) in [6, 6.07) is 13.3. The zero-order chi connectivity index (χ0) is 27.9. The number of piperazine rings is 1. The van der Waals surface area contributed by atoms with Gasteiger partial charge in [0.1, 0.15) is 5.69 Å². The number of rotatable bonds is 9. The molecule has 39 heavy (non-hydrogen) atoms. The van der Waals surface area contributed by atoms with Crippen molar-refractivity contribution in [2.24, 2.45) is 4.99 Å². The molecule has 0 saturated carbocycles. The van der Waals surface area contributed by atoms with E-state index in [2.05, 4.69) is 70.2 Å². The van der Waals surface area contributed by atoms with Gasteiger partial charge in [-0.25, -0.2) is 4.98 Å². The van der Waals surface area contributed by atoms with Crippen molar-refractivity contribution in [2.45, 2.75) is 52.1 Å². The molecular weight excluding hydrogens is 508 g/mol. The van der Waals surface area contributed by atoms with Crippen LogP contribution >= 0.6 is 11.6 Å². The molecule has 0 radical (unpaired) electrons. The van der Waals surface area contributed by atoms with Crippen LogP contribution in [0.4, 0.5) is 5.69 Å². The molecule has 8 heteroatoms. The minimum atomic E-state index is 0.469. The Kier molecular flexibility index (Phi) is 9.92. The number of aromatic nitrogens is 1. The SMILES string of the molecule is C=C(NCC)OC(=NC)c1ccc(N2CCN(C3CCN(C(=C)c4ccc(Cl)cc4)CC3)[C@@H](CC)C2)c(C)n1. The number of ether oxygens (including phenoxy) is 1. The maximum absolute atomic E-state index is 6.07. The number of aryl methyl sites for hydroxylation is 1. The Morgan fingerprint density at radius 3 is 2.41 bits per heavy atom. The third kappa shape index (κ3) is 6.95. The maximum atomic E-state index is 6.07. The minimum Gasteiger partial charge on any atom is -0.422 e. The average molecular weight is 551 g/mol. The average Bonchev–Trinajstić information content (AvgIpc) is 2.96. The molecule has 4 rings (SSSR count). The van der Waals surface area contributed by atoms with Gasteiger partial charge in [-0.05, 0) is 69.5 Å². The first-order valence-electron chi connectivity index (χ1n) is 14.1. The Balaban J connectivity index is 1.36. The number of aliphatic imine (C=N–C) groups is 1. The van der Waals surface area contributed by atoms with Crippen LogP contribution < -0.4 is 10.2 Å². The third-order valence-electron chi connectivity index (χ3n) is 7.91. The standard InChI is InChI=1S/C31H43ClN6O/c1-7-27-21-37(30-14-13-29(35-22(30)3)31(33-6)39-24(5)34-8-2)19-20-38(27)28-15-17-36(18-16-28)23(4)25-9-11-26(32)12-10-25/h9-14,27-28,34H,4-5,7-8,15-21H2,1-3,6H3/t27-/m0/s1. The van der Waals surface area contributed by atoms with Gasteiger partial charge in [-0.15, -0.1) is 0 Å². The third-order valence-corrected chi connectivity index (χ3v) is 8.16. The highest BCUT2D eigenvalue weighted by Crippen LogP contribution is 2.30. The zero-order valence-electron chi connectivity index (χ0n) is 23.9. The van der Waals surface area contributed by atoms with E-state index < -0.39 is 0 Å². The second-order valence-electron chi connectivity index (χ2n) is 10.3. The highest BCUT2D eigenvalue weighted by Gasteiger charge is 2.34. The first-order chi connectivity index (χ1) is 18.8. The van der Waals surface area contributed by atoms with Gasteiger partial charge in [-0.3, -0.25) is 9.89 Å². The second-order valence-corrected chi connectivity index (χ2v) is 10.7. The van der Waals surface area contributed by atoms with Gasteiger partial charge in [0.25, 0.3) is 0 Å². The number of anilines is 1. The maximum Gasteiger partial charge on any atom is 0.242 e. The monoisotopic (exact) mass is 550 g/mol. The Labute approximate surface area is 239 Å². The van der Waals surface area contributed by atoms with E-state index in [0.29, 0.717) is 23.9 Å². The molecule has 2 aliphatic heterocycles. The quantitative estimate of drug-likeness (QED) is 0.251. The second kappa shape index (κ2) is 13.4. The van der Waals surface area contributed by atoms with Crippen molar-refractivity contribution < 1.29 is 4.74 Å². The lowest BCUT2D eigenvalue weighted by Crippen LogP contribution is -2.58. The lowest BCUT2D eigenvalue weighted by atomic mass is 9.97. The van der Waals surface area contributed by atoms with Crippen LogP contribution in [0.2, 0.25) is 5.02 Å². The van der Waals surface area contributed by atoms with Gasteiger partial charge in [-0.1, -0.05) is 37.2 Å². The van der Waals surface area contributed by atoms with Gasteiger partial charge in [-0.2, -0.15) is 0 Å². The summed E-state index contributed by atoms with van der Waals surface area (Å²) in [6.07, 6.45) is 3.46. The Hall–Kier alpha value is -3.03. The number of pyridine rings is 1. The topological polar surface area (TPSA) is 56.2 Å². The highest BCUT2D eigenvalue weighted by molar-refractivity contribution is 6.30. The summed E-state index contributed by atoms with van der Waals surface area (Å²) in [5.41, 5.74) is 5.14. The highest BCUT2D eigenvalue weighted by atomic mass is 35.5. The van der Waals surface area contributed by atoms with Crippen LogP contribution in [0, 0.1) is 6.92 Å². The molecule has 1 aromatic heterocycles. The van der Waals surface area contributed by atoms with Crippen LogP contribution in [-0.2, 0) is 4.74 Å². The summed E-state index contributed by atoms with van der Waals surface area (Å²) in [5.74, 6) is 0.945. The number of benzene rings is 1. The van der Waals surface area contributed by atoms with E-state index in [4.69, 9.17) is 21.3 Å². The molecule has 3 heterocycles. The van der Waals surface area contributed by atoms with Gasteiger partial charge in [0, 0.05) is 69.1 Å². The Morgan fingerprint density at radius 2 is 1.79 bits per heavy atom. The first kappa shape index (κ1) is 29.0. The number of hydrogen-bond acceptors (Lipinski definition) is 7. The van der Waals surface area contributed by atoms with Crippen LogP contribution in [-0.4, -0.2) is 79.1 Å². The summed E-state index contributed by atoms with van der Waals surface area (Å²) in [7, 11) is 1.71. The van der Waals surface area contributed by atoms with Gasteiger partial charge in [0.15, 0.2) is 5.88 Å². The van der Waals surface area contributed by atoms with Gasteiger partial charge in [0.05, 0.1) is 11.4 Å². The molecule has 0 bridgehead atoms. The van der Waals surface area contributed by atoms with E-state index in [1.54, 1.807) is 7.05 Å². The molecule has 0 unspecified atom stereocenters. The molecule has 0 spiro atoms. The summed E-state index contributed by atoms with van der Waals surface area (Å²) >= 11 is 6.07. The molecule has 210 valence electrons. The molecule has 0 amide bonds. The molecule has 1 N–H and O–H groups in total. The molecule has 1 atom stereocenters. The summed E-state index contributed by atoms with van der Waals surface area (Å²) < 4.78 is 5.78. The number of nitrogens with zero attached hydrogens (tertiary/aromatic N) is 5. The smallest absolute Gasteiger partial charge is 0.242 e. The van der Waals surface area contributed by atoms with Crippen LogP contribution in [0.3, 0.4) is 0 Å². The minimum absolute atomic E-state index is 0.469. The molecule has 2 aliphatic rings. The van der Waals surface area contributed by atoms with E-state index in [9.17, 15) is 0 Å². The van der Waals surface area contributed by atoms with Crippen molar-refractivity contribution in [3.63, 3.8) is 0 Å². The van der Waals surface area contributed by atoms with Crippen LogP contribution in [0.1, 0.15) is 50.1 Å². The fraction of sp³-hybridized carbons (Fsp3) is 0.484. The lowest BCUT2D eigenvalue weighted by molar-refractivity contribution is 0.0768. The predicted molar refractivity (Wildman–Crippen MR) is 163 cm³/mol. The Morgan fingerprint density at radius 1 is 1.08 bits per heavy atom. The number of nitrogens with one attached hydrogen (secondary N) is 1. The Bertz CT molecular complexity index is 1170. The largest absolute Gasteiger partial charge is 0.422 e. The zero-order valence-corrected chi connectivity index (χ0v) is 24.7. The van der Waals surface area contributed by atoms with E-state index in [1.165, 1.54) is 5.69 Å². The van der Waals surface area contributed by atoms with Crippen LogP contribution in [0.25, 0.3) is 5.70 Å². The molecular formula is C31H43ClN6O. The number of halogens is 1.